The summed E-state index contributed by atoms with van der Waals surface area (Å²) in [5.74, 6) is 0. The van der Waals surface area contributed by atoms with E-state index in [1.165, 1.54) is 11.3 Å². The van der Waals surface area contributed by atoms with E-state index in [0.29, 0.717) is 6.04 Å². The van der Waals surface area contributed by atoms with Crippen LogP contribution in [0.15, 0.2) is 18.3 Å². The van der Waals surface area contributed by atoms with Gasteiger partial charge in [0.1, 0.15) is 0 Å². The summed E-state index contributed by atoms with van der Waals surface area (Å²) in [6.45, 7) is 8.69. The minimum atomic E-state index is 0.611. The average Bonchev–Trinajstić information content (AvgIpc) is 2.24. The lowest BCUT2D eigenvalue weighted by Gasteiger charge is -2.33. The number of pyridine rings is 1. The molecule has 3 heteroatoms. The maximum Gasteiger partial charge on any atom is 0.0573 e. The molecule has 0 amide bonds. The molecule has 0 spiro atoms. The second-order valence-corrected chi connectivity index (χ2v) is 4.29. The molecule has 0 aromatic carbocycles. The van der Waals surface area contributed by atoms with E-state index in [0.717, 1.165) is 26.2 Å². The minimum absolute atomic E-state index is 0.611. The second-order valence-electron chi connectivity index (χ2n) is 4.29. The Balaban J connectivity index is 2.04. The molecule has 0 radical (unpaired) electrons. The molecule has 1 N–H and O–H groups in total. The van der Waals surface area contributed by atoms with Gasteiger partial charge in [-0.2, -0.15) is 0 Å². The summed E-state index contributed by atoms with van der Waals surface area (Å²) in [5.41, 5.74) is 2.51. The first-order valence-corrected chi connectivity index (χ1v) is 5.62. The Labute approximate surface area is 91.5 Å². The monoisotopic (exact) mass is 205 g/mol. The van der Waals surface area contributed by atoms with Crippen LogP contribution in [0.5, 0.6) is 0 Å². The molecule has 0 aliphatic carbocycles. The number of rotatable bonds is 2. The van der Waals surface area contributed by atoms with Crippen molar-refractivity contribution in [2.45, 2.75) is 26.4 Å². The van der Waals surface area contributed by atoms with E-state index in [1.54, 1.807) is 0 Å². The molecule has 2 heterocycles. The highest BCUT2D eigenvalue weighted by Crippen LogP contribution is 2.11. The Hall–Kier alpha value is -0.930. The average molecular weight is 205 g/mol. The largest absolute Gasteiger partial charge is 0.314 e. The maximum atomic E-state index is 4.44. The molecule has 3 nitrogen and oxygen atoms in total. The van der Waals surface area contributed by atoms with Gasteiger partial charge in [0.25, 0.3) is 0 Å². The smallest absolute Gasteiger partial charge is 0.0573 e. The fourth-order valence-corrected chi connectivity index (χ4v) is 1.99. The molecule has 0 bridgehead atoms. The summed E-state index contributed by atoms with van der Waals surface area (Å²) < 4.78 is 0. The van der Waals surface area contributed by atoms with Gasteiger partial charge in [0.05, 0.1) is 5.69 Å². The van der Waals surface area contributed by atoms with E-state index < -0.39 is 0 Å². The highest BCUT2D eigenvalue weighted by molar-refractivity contribution is 5.17. The molecular weight excluding hydrogens is 186 g/mol. The topological polar surface area (TPSA) is 28.2 Å². The molecule has 1 aliphatic rings. The number of nitrogens with one attached hydrogen (secondary N) is 1. The number of aromatic nitrogens is 1. The van der Waals surface area contributed by atoms with Gasteiger partial charge >= 0.3 is 0 Å². The molecule has 2 rings (SSSR count). The fraction of sp³-hybridized carbons (Fsp3) is 0.583. The van der Waals surface area contributed by atoms with Crippen LogP contribution in [0.2, 0.25) is 0 Å². The third-order valence-corrected chi connectivity index (χ3v) is 3.11. The minimum Gasteiger partial charge on any atom is -0.314 e. The molecular formula is C12H19N3. The number of nitrogens with zero attached hydrogens (tertiary/aromatic N) is 2. The third-order valence-electron chi connectivity index (χ3n) is 3.11. The zero-order chi connectivity index (χ0) is 10.7. The second kappa shape index (κ2) is 4.73. The third kappa shape index (κ3) is 2.55. The summed E-state index contributed by atoms with van der Waals surface area (Å²) in [4.78, 5) is 6.94. The lowest BCUT2D eigenvalue weighted by Crippen LogP contribution is -2.49. The molecule has 1 atom stereocenters. The van der Waals surface area contributed by atoms with Gasteiger partial charge in [-0.15, -0.1) is 0 Å². The van der Waals surface area contributed by atoms with Crippen molar-refractivity contribution in [2.24, 2.45) is 0 Å². The van der Waals surface area contributed by atoms with E-state index >= 15 is 0 Å². The van der Waals surface area contributed by atoms with Crippen molar-refractivity contribution < 1.29 is 0 Å². The summed E-state index contributed by atoms with van der Waals surface area (Å²) in [5, 5.41) is 3.40. The van der Waals surface area contributed by atoms with Gasteiger partial charge in [-0.05, 0) is 25.5 Å². The first-order chi connectivity index (χ1) is 7.27. The Kier molecular flexibility index (Phi) is 3.34. The van der Waals surface area contributed by atoms with Crippen molar-refractivity contribution in [3.63, 3.8) is 0 Å². The Morgan fingerprint density at radius 3 is 3.20 bits per heavy atom. The van der Waals surface area contributed by atoms with Gasteiger partial charge in [-0.3, -0.25) is 9.88 Å². The van der Waals surface area contributed by atoms with E-state index in [2.05, 4.69) is 35.1 Å². The molecule has 1 fully saturated rings. The Morgan fingerprint density at radius 1 is 1.60 bits per heavy atom. The zero-order valence-corrected chi connectivity index (χ0v) is 9.53. The first kappa shape index (κ1) is 10.6. The lowest BCUT2D eigenvalue weighted by atomic mass is 10.1. The summed E-state index contributed by atoms with van der Waals surface area (Å²) in [6, 6.07) is 4.75. The predicted molar refractivity (Wildman–Crippen MR) is 61.7 cm³/mol. The van der Waals surface area contributed by atoms with E-state index in [-0.39, 0.29) is 0 Å². The molecule has 1 aromatic heterocycles. The lowest BCUT2D eigenvalue weighted by molar-refractivity contribution is 0.163. The van der Waals surface area contributed by atoms with Crippen molar-refractivity contribution in [3.8, 4) is 0 Å². The van der Waals surface area contributed by atoms with Crippen molar-refractivity contribution >= 4 is 0 Å². The van der Waals surface area contributed by atoms with Crippen molar-refractivity contribution in [2.75, 3.05) is 19.6 Å². The molecule has 0 saturated carbocycles. The highest BCUT2D eigenvalue weighted by atomic mass is 15.2. The van der Waals surface area contributed by atoms with Crippen LogP contribution in [-0.4, -0.2) is 35.6 Å². The van der Waals surface area contributed by atoms with Crippen molar-refractivity contribution in [1.82, 2.24) is 15.2 Å². The quantitative estimate of drug-likeness (QED) is 0.786. The summed E-state index contributed by atoms with van der Waals surface area (Å²) in [7, 11) is 0. The number of piperazine rings is 1. The van der Waals surface area contributed by atoms with Crippen LogP contribution >= 0.6 is 0 Å². The SMILES string of the molecule is Cc1cccnc1CN1CCNC[C@@H]1C. The molecule has 82 valence electrons. The Bertz CT molecular complexity index is 324. The number of aryl methyl sites for hydroxylation is 1. The van der Waals surface area contributed by atoms with Crippen molar-refractivity contribution in [1.29, 1.82) is 0 Å². The van der Waals surface area contributed by atoms with Gasteiger partial charge in [0.2, 0.25) is 0 Å². The number of hydrogen-bond acceptors (Lipinski definition) is 3. The van der Waals surface area contributed by atoms with Crippen LogP contribution < -0.4 is 5.32 Å². The highest BCUT2D eigenvalue weighted by Gasteiger charge is 2.18. The van der Waals surface area contributed by atoms with Crippen LogP contribution in [-0.2, 0) is 6.54 Å². The van der Waals surface area contributed by atoms with Crippen LogP contribution in [0.4, 0.5) is 0 Å². The molecule has 1 aromatic rings. The van der Waals surface area contributed by atoms with Gasteiger partial charge in [0, 0.05) is 38.4 Å². The predicted octanol–water partition coefficient (Wildman–Crippen LogP) is 1.18. The maximum absolute atomic E-state index is 4.44. The molecule has 1 aliphatic heterocycles. The molecule has 1 saturated heterocycles. The summed E-state index contributed by atoms with van der Waals surface area (Å²) in [6.07, 6.45) is 1.88. The van der Waals surface area contributed by atoms with Gasteiger partial charge in [0.15, 0.2) is 0 Å². The zero-order valence-electron chi connectivity index (χ0n) is 9.53. The van der Waals surface area contributed by atoms with Crippen LogP contribution in [0.25, 0.3) is 0 Å². The standard InChI is InChI=1S/C12H19N3/c1-10-4-3-5-14-12(10)9-15-7-6-13-8-11(15)2/h3-5,11,13H,6-9H2,1-2H3/t11-/m0/s1. The normalized spacial score (nSPS) is 22.9. The van der Waals surface area contributed by atoms with E-state index in [4.69, 9.17) is 0 Å². The van der Waals surface area contributed by atoms with Gasteiger partial charge in [-0.25, -0.2) is 0 Å². The summed E-state index contributed by atoms with van der Waals surface area (Å²) >= 11 is 0. The van der Waals surface area contributed by atoms with Crippen molar-refractivity contribution in [3.05, 3.63) is 29.6 Å². The number of hydrogen-bond donors (Lipinski definition) is 1. The Morgan fingerprint density at radius 2 is 2.47 bits per heavy atom. The fourth-order valence-electron chi connectivity index (χ4n) is 1.99. The van der Waals surface area contributed by atoms with Crippen LogP contribution in [0.3, 0.4) is 0 Å². The molecule has 0 unspecified atom stereocenters. The van der Waals surface area contributed by atoms with E-state index in [1.807, 2.05) is 12.3 Å². The van der Waals surface area contributed by atoms with Gasteiger partial charge < -0.3 is 5.32 Å². The van der Waals surface area contributed by atoms with E-state index in [9.17, 15) is 0 Å². The molecule has 15 heavy (non-hydrogen) atoms. The van der Waals surface area contributed by atoms with Crippen LogP contribution in [0.1, 0.15) is 18.2 Å². The van der Waals surface area contributed by atoms with Gasteiger partial charge in [-0.1, -0.05) is 6.07 Å². The first-order valence-electron chi connectivity index (χ1n) is 5.62. The van der Waals surface area contributed by atoms with Crippen LogP contribution in [0, 0.1) is 6.92 Å².